The Bertz CT molecular complexity index is 766. The lowest BCUT2D eigenvalue weighted by Crippen LogP contribution is -2.37. The smallest absolute Gasteiger partial charge is 0.306 e. The second-order valence-electron chi connectivity index (χ2n) is 6.00. The third-order valence-electron chi connectivity index (χ3n) is 4.29. The van der Waals surface area contributed by atoms with E-state index in [-0.39, 0.29) is 6.42 Å². The highest BCUT2D eigenvalue weighted by atomic mass is 16.6. The first-order valence-electron chi connectivity index (χ1n) is 8.46. The molecule has 4 atom stereocenters. The van der Waals surface area contributed by atoms with Crippen LogP contribution in [0, 0.1) is 0 Å². The summed E-state index contributed by atoms with van der Waals surface area (Å²) in [6.07, 6.45) is 0.632. The Balaban J connectivity index is 1.92. The van der Waals surface area contributed by atoms with Gasteiger partial charge in [-0.1, -0.05) is 13.3 Å². The molecule has 2 N–H and O–H groups in total. The number of imidazole rings is 1. The van der Waals surface area contributed by atoms with Gasteiger partial charge in [0.05, 0.1) is 20.0 Å². The van der Waals surface area contributed by atoms with E-state index in [1.54, 1.807) is 0 Å². The van der Waals surface area contributed by atoms with E-state index in [0.717, 1.165) is 6.42 Å². The van der Waals surface area contributed by atoms with Crippen molar-refractivity contribution in [2.75, 3.05) is 13.7 Å². The van der Waals surface area contributed by atoms with Gasteiger partial charge in [0.2, 0.25) is 5.88 Å². The summed E-state index contributed by atoms with van der Waals surface area (Å²) in [7, 11) is 1.47. The maximum absolute atomic E-state index is 12.1. The molecule has 2 aromatic heterocycles. The molecule has 26 heavy (non-hydrogen) atoms. The van der Waals surface area contributed by atoms with E-state index in [1.165, 1.54) is 24.3 Å². The molecule has 0 aliphatic carbocycles. The molecular formula is C16H22N4O6. The van der Waals surface area contributed by atoms with Crippen molar-refractivity contribution in [3.8, 4) is 5.88 Å². The molecule has 1 fully saturated rings. The molecule has 0 saturated carbocycles. The summed E-state index contributed by atoms with van der Waals surface area (Å²) >= 11 is 0. The van der Waals surface area contributed by atoms with Gasteiger partial charge in [-0.2, -0.15) is 4.98 Å². The van der Waals surface area contributed by atoms with Crippen molar-refractivity contribution >= 4 is 17.1 Å². The Morgan fingerprint density at radius 2 is 2.19 bits per heavy atom. The number of ether oxygens (including phenoxy) is 3. The zero-order valence-corrected chi connectivity index (χ0v) is 14.6. The van der Waals surface area contributed by atoms with Gasteiger partial charge in [0.25, 0.3) is 0 Å². The maximum atomic E-state index is 12.1. The number of carbonyl (C=O) groups excluding carboxylic acids is 1. The summed E-state index contributed by atoms with van der Waals surface area (Å²) in [4.78, 5) is 24.4. The van der Waals surface area contributed by atoms with Gasteiger partial charge in [0, 0.05) is 6.42 Å². The lowest BCUT2D eigenvalue weighted by atomic mass is 10.1. The van der Waals surface area contributed by atoms with Gasteiger partial charge in [-0.25, -0.2) is 9.97 Å². The summed E-state index contributed by atoms with van der Waals surface area (Å²) < 4.78 is 17.9. The van der Waals surface area contributed by atoms with Gasteiger partial charge in [0.1, 0.15) is 18.5 Å². The number of hydrogen-bond acceptors (Lipinski definition) is 9. The van der Waals surface area contributed by atoms with Crippen molar-refractivity contribution in [3.05, 3.63) is 12.7 Å². The number of fused-ring (bicyclic) bond motifs is 1. The summed E-state index contributed by atoms with van der Waals surface area (Å²) in [5.41, 5.74) is 0.818. The number of unbranched alkanes of at least 4 members (excludes halogenated alkanes) is 1. The number of methoxy groups -OCH3 is 1. The van der Waals surface area contributed by atoms with Crippen molar-refractivity contribution < 1.29 is 29.2 Å². The number of aliphatic hydroxyl groups excluding tert-OH is 2. The Morgan fingerprint density at radius 1 is 1.38 bits per heavy atom. The number of nitrogens with zero attached hydrogens (tertiary/aromatic N) is 4. The second-order valence-corrected chi connectivity index (χ2v) is 6.00. The molecular weight excluding hydrogens is 344 g/mol. The van der Waals surface area contributed by atoms with Gasteiger partial charge < -0.3 is 24.4 Å². The highest BCUT2D eigenvalue weighted by Crippen LogP contribution is 2.34. The first-order chi connectivity index (χ1) is 12.6. The minimum absolute atomic E-state index is 0.247. The van der Waals surface area contributed by atoms with E-state index in [1.807, 2.05) is 6.92 Å². The minimum Gasteiger partial charge on any atom is -0.479 e. The number of esters is 1. The SMILES string of the molecule is CCCCC(=O)O[C@H]1[C@H](O)[C@@H](CO)O[C@H]1n1cnc2c(OC)ncnc21. The Labute approximate surface area is 149 Å². The predicted molar refractivity (Wildman–Crippen MR) is 88.3 cm³/mol. The first kappa shape index (κ1) is 18.5. The average molecular weight is 366 g/mol. The van der Waals surface area contributed by atoms with Crippen LogP contribution in [0.2, 0.25) is 0 Å². The number of carbonyl (C=O) groups is 1. The predicted octanol–water partition coefficient (Wildman–Crippen LogP) is 0.187. The van der Waals surface area contributed by atoms with Crippen LogP contribution in [0.5, 0.6) is 5.88 Å². The van der Waals surface area contributed by atoms with E-state index in [2.05, 4.69) is 15.0 Å². The molecule has 3 heterocycles. The fourth-order valence-electron chi connectivity index (χ4n) is 2.92. The van der Waals surface area contributed by atoms with Crippen LogP contribution >= 0.6 is 0 Å². The zero-order chi connectivity index (χ0) is 18.7. The van der Waals surface area contributed by atoms with E-state index < -0.39 is 37.1 Å². The third kappa shape index (κ3) is 3.35. The fourth-order valence-corrected chi connectivity index (χ4v) is 2.92. The third-order valence-corrected chi connectivity index (χ3v) is 4.29. The molecule has 10 nitrogen and oxygen atoms in total. The lowest BCUT2D eigenvalue weighted by molar-refractivity contribution is -0.158. The molecule has 10 heteroatoms. The van der Waals surface area contributed by atoms with E-state index >= 15 is 0 Å². The van der Waals surface area contributed by atoms with Crippen LogP contribution in [-0.4, -0.2) is 67.7 Å². The maximum Gasteiger partial charge on any atom is 0.306 e. The molecule has 142 valence electrons. The van der Waals surface area contributed by atoms with Gasteiger partial charge in [-0.3, -0.25) is 9.36 Å². The average Bonchev–Trinajstić information content (AvgIpc) is 3.21. The number of aliphatic hydroxyl groups is 2. The van der Waals surface area contributed by atoms with Gasteiger partial charge in [0.15, 0.2) is 23.5 Å². The lowest BCUT2D eigenvalue weighted by Gasteiger charge is -2.21. The highest BCUT2D eigenvalue weighted by Gasteiger charge is 2.47. The monoisotopic (exact) mass is 366 g/mol. The van der Waals surface area contributed by atoms with Crippen LogP contribution in [0.3, 0.4) is 0 Å². The standard InChI is InChI=1S/C16H22N4O6/c1-3-4-5-10(22)26-13-12(23)9(6-21)25-16(13)20-8-19-11-14(20)17-7-18-15(11)24-2/h7-9,12-13,16,21,23H,3-6H2,1-2H3/t9-,12-,13+,16-/m1/s1. The van der Waals surface area contributed by atoms with Crippen LogP contribution in [0.25, 0.3) is 11.2 Å². The van der Waals surface area contributed by atoms with Crippen molar-refractivity contribution in [3.63, 3.8) is 0 Å². The Hall–Kier alpha value is -2.30. The molecule has 1 saturated heterocycles. The molecule has 0 radical (unpaired) electrons. The van der Waals surface area contributed by atoms with E-state index in [0.29, 0.717) is 23.5 Å². The zero-order valence-electron chi connectivity index (χ0n) is 14.6. The van der Waals surface area contributed by atoms with Gasteiger partial charge in [-0.05, 0) is 6.42 Å². The first-order valence-corrected chi connectivity index (χ1v) is 8.46. The topological polar surface area (TPSA) is 129 Å². The number of hydrogen-bond donors (Lipinski definition) is 2. The number of rotatable bonds is 7. The van der Waals surface area contributed by atoms with E-state index in [9.17, 15) is 15.0 Å². The Morgan fingerprint density at radius 3 is 2.88 bits per heavy atom. The summed E-state index contributed by atoms with van der Waals surface area (Å²) in [6.45, 7) is 1.56. The van der Waals surface area contributed by atoms with E-state index in [4.69, 9.17) is 14.2 Å². The molecule has 0 bridgehead atoms. The van der Waals surface area contributed by atoms with Crippen molar-refractivity contribution in [2.45, 2.75) is 50.7 Å². The fraction of sp³-hybridized carbons (Fsp3) is 0.625. The van der Waals surface area contributed by atoms with Crippen LogP contribution in [-0.2, 0) is 14.3 Å². The van der Waals surface area contributed by atoms with Crippen molar-refractivity contribution in [1.82, 2.24) is 19.5 Å². The van der Waals surface area contributed by atoms with Crippen molar-refractivity contribution in [1.29, 1.82) is 0 Å². The number of aromatic nitrogens is 4. The van der Waals surface area contributed by atoms with Gasteiger partial charge in [-0.15, -0.1) is 0 Å². The quantitative estimate of drug-likeness (QED) is 0.660. The summed E-state index contributed by atoms with van der Waals surface area (Å²) in [5.74, 6) is -0.137. The van der Waals surface area contributed by atoms with Crippen LogP contribution < -0.4 is 4.74 Å². The second kappa shape index (κ2) is 7.94. The molecule has 1 aliphatic rings. The summed E-state index contributed by atoms with van der Waals surface area (Å²) in [6, 6.07) is 0. The van der Waals surface area contributed by atoms with Crippen LogP contribution in [0.1, 0.15) is 32.4 Å². The van der Waals surface area contributed by atoms with Crippen LogP contribution in [0.4, 0.5) is 0 Å². The van der Waals surface area contributed by atoms with Crippen LogP contribution in [0.15, 0.2) is 12.7 Å². The molecule has 0 spiro atoms. The molecule has 0 aromatic carbocycles. The highest BCUT2D eigenvalue weighted by molar-refractivity contribution is 5.76. The molecule has 3 rings (SSSR count). The Kier molecular flexibility index (Phi) is 5.64. The summed E-state index contributed by atoms with van der Waals surface area (Å²) in [5, 5.41) is 19.9. The largest absolute Gasteiger partial charge is 0.479 e. The normalized spacial score (nSPS) is 25.5. The minimum atomic E-state index is -1.17. The molecule has 2 aromatic rings. The van der Waals surface area contributed by atoms with Gasteiger partial charge >= 0.3 is 5.97 Å². The van der Waals surface area contributed by atoms with Crippen molar-refractivity contribution in [2.24, 2.45) is 0 Å². The molecule has 1 aliphatic heterocycles. The molecule has 0 unspecified atom stereocenters. The molecule has 0 amide bonds.